The van der Waals surface area contributed by atoms with E-state index in [9.17, 15) is 9.18 Å². The van der Waals surface area contributed by atoms with Gasteiger partial charge in [0.1, 0.15) is 5.84 Å². The number of carbonyl (C=O) groups excluding carboxylic acids is 1. The van der Waals surface area contributed by atoms with E-state index in [1.807, 2.05) is 23.3 Å². The number of hydrogen-bond donors (Lipinski definition) is 1. The number of rotatable bonds is 7. The summed E-state index contributed by atoms with van der Waals surface area (Å²) < 4.78 is 35.7. The van der Waals surface area contributed by atoms with Crippen molar-refractivity contribution in [1.29, 1.82) is 0 Å². The van der Waals surface area contributed by atoms with Gasteiger partial charge in [-0.2, -0.15) is 4.39 Å². The van der Waals surface area contributed by atoms with Crippen LogP contribution in [0.15, 0.2) is 64.2 Å². The second kappa shape index (κ2) is 11.8. The number of carbonyl (C=O) groups is 1. The van der Waals surface area contributed by atoms with Gasteiger partial charge in [0.15, 0.2) is 11.6 Å². The van der Waals surface area contributed by atoms with Gasteiger partial charge in [-0.15, -0.1) is 0 Å². The number of ether oxygens (including phenoxy) is 1. The van der Waals surface area contributed by atoms with E-state index in [1.165, 1.54) is 0 Å². The molecular weight excluding hydrogens is 522 g/mol. The highest BCUT2D eigenvalue weighted by atomic mass is 19.2. The molecule has 41 heavy (non-hydrogen) atoms. The van der Waals surface area contributed by atoms with E-state index in [1.54, 1.807) is 6.92 Å². The molecule has 8 heteroatoms. The fourth-order valence-electron chi connectivity index (χ4n) is 7.02. The maximum absolute atomic E-state index is 15.4. The zero-order chi connectivity index (χ0) is 29.5. The molecular formula is C33H46F2N4O2. The minimum Gasteiger partial charge on any atom is -0.490 e. The van der Waals surface area contributed by atoms with Gasteiger partial charge in [-0.05, 0) is 63.4 Å². The smallest absolute Gasteiger partial charge is 0.228 e. The maximum atomic E-state index is 15.4. The molecule has 1 saturated carbocycles. The summed E-state index contributed by atoms with van der Waals surface area (Å²) >= 11 is 0. The van der Waals surface area contributed by atoms with E-state index in [0.717, 1.165) is 51.0 Å². The van der Waals surface area contributed by atoms with Gasteiger partial charge in [0.25, 0.3) is 0 Å². The van der Waals surface area contributed by atoms with Gasteiger partial charge in [0.05, 0.1) is 19.2 Å². The van der Waals surface area contributed by atoms with Crippen LogP contribution in [-0.4, -0.2) is 59.9 Å². The van der Waals surface area contributed by atoms with Crippen LogP contribution in [0.5, 0.6) is 0 Å². The quantitative estimate of drug-likeness (QED) is 0.378. The summed E-state index contributed by atoms with van der Waals surface area (Å²) in [5, 5.41) is 3.72. The highest BCUT2D eigenvalue weighted by Gasteiger charge is 2.47. The zero-order valence-corrected chi connectivity index (χ0v) is 25.3. The average molecular weight is 569 g/mol. The molecule has 2 fully saturated rings. The first-order valence-electron chi connectivity index (χ1n) is 15.5. The number of amides is 1. The molecule has 0 spiro atoms. The van der Waals surface area contributed by atoms with Crippen LogP contribution < -0.4 is 5.32 Å². The van der Waals surface area contributed by atoms with Gasteiger partial charge in [-0.25, -0.2) is 4.39 Å². The standard InChI is InChI=1S/C33H46F2N4O2/c1-7-26-31(37-23-10-13-33(6,21(4)18-23)32(40)38-16-11-20(3)12-17-38)36-14-9-15-39(26)22(5)27-24-19-25(24)30(41-8-2)29(35)28(27)34/h9,15,19-21,23-24,26H,5,7-8,10-14,16-18H2,1-4,6H3,(H,36,37)/t21?,23?,24-,26?,33-/m1/s1. The van der Waals surface area contributed by atoms with Crippen LogP contribution in [-0.2, 0) is 9.53 Å². The molecule has 0 aromatic carbocycles. The minimum atomic E-state index is -0.949. The molecule has 5 atom stereocenters. The predicted molar refractivity (Wildman–Crippen MR) is 159 cm³/mol. The number of aliphatic imine (C=N–C) groups is 1. The van der Waals surface area contributed by atoms with Crippen molar-refractivity contribution in [3.63, 3.8) is 0 Å². The van der Waals surface area contributed by atoms with Gasteiger partial charge >= 0.3 is 0 Å². The lowest BCUT2D eigenvalue weighted by Gasteiger charge is -2.46. The molecule has 0 radical (unpaired) electrons. The second-order valence-electron chi connectivity index (χ2n) is 12.7. The number of fused-ring (bicyclic) bond motifs is 1. The molecule has 1 N–H and O–H groups in total. The van der Waals surface area contributed by atoms with Crippen molar-refractivity contribution >= 4 is 11.7 Å². The number of allylic oxidation sites excluding steroid dienone is 5. The summed E-state index contributed by atoms with van der Waals surface area (Å²) in [6.07, 6.45) is 11.1. The van der Waals surface area contributed by atoms with Crippen molar-refractivity contribution in [2.75, 3.05) is 26.2 Å². The van der Waals surface area contributed by atoms with Gasteiger partial charge in [-0.1, -0.05) is 40.3 Å². The highest BCUT2D eigenvalue weighted by molar-refractivity contribution is 5.89. The summed E-state index contributed by atoms with van der Waals surface area (Å²) in [7, 11) is 0. The molecule has 0 aromatic heterocycles. The predicted octanol–water partition coefficient (Wildman–Crippen LogP) is 6.56. The Morgan fingerprint density at radius 2 is 1.93 bits per heavy atom. The SMILES string of the molecule is C=C(C1=C(F)C(F)=C(OCC)C2=C[C@H]21)N1C=CCN=C(NC2CC[C@@](C)(C(=O)N3CCC(C)CC3)C(C)C2)C1CC. The van der Waals surface area contributed by atoms with Crippen molar-refractivity contribution in [3.8, 4) is 0 Å². The monoisotopic (exact) mass is 568 g/mol. The Bertz CT molecular complexity index is 1230. The van der Waals surface area contributed by atoms with E-state index in [4.69, 9.17) is 9.73 Å². The molecule has 3 unspecified atom stereocenters. The minimum absolute atomic E-state index is 0.0145. The van der Waals surface area contributed by atoms with Crippen LogP contribution in [0, 0.1) is 23.2 Å². The molecule has 5 aliphatic rings. The number of likely N-dealkylation sites (tertiary alicyclic amines) is 1. The molecule has 224 valence electrons. The van der Waals surface area contributed by atoms with E-state index in [2.05, 4.69) is 44.5 Å². The lowest BCUT2D eigenvalue weighted by atomic mass is 9.65. The molecule has 3 aliphatic carbocycles. The summed E-state index contributed by atoms with van der Waals surface area (Å²) in [5.74, 6) is -0.0799. The van der Waals surface area contributed by atoms with E-state index < -0.39 is 11.7 Å². The van der Waals surface area contributed by atoms with Crippen molar-refractivity contribution in [3.05, 3.63) is 59.2 Å². The van der Waals surface area contributed by atoms with Crippen molar-refractivity contribution < 1.29 is 18.3 Å². The number of amidine groups is 1. The Balaban J connectivity index is 1.28. The Labute approximate surface area is 244 Å². The fraction of sp³-hybridized carbons (Fsp3) is 0.636. The summed E-state index contributed by atoms with van der Waals surface area (Å²) in [4.78, 5) is 22.5. The Morgan fingerprint density at radius 1 is 1.20 bits per heavy atom. The van der Waals surface area contributed by atoms with Gasteiger partial charge < -0.3 is 19.9 Å². The van der Waals surface area contributed by atoms with Crippen molar-refractivity contribution in [2.24, 2.45) is 28.2 Å². The van der Waals surface area contributed by atoms with E-state index >= 15 is 4.39 Å². The first kappa shape index (κ1) is 29.6. The lowest BCUT2D eigenvalue weighted by molar-refractivity contribution is -0.148. The van der Waals surface area contributed by atoms with Crippen molar-refractivity contribution in [2.45, 2.75) is 85.2 Å². The van der Waals surface area contributed by atoms with Crippen LogP contribution in [0.3, 0.4) is 0 Å². The van der Waals surface area contributed by atoms with Gasteiger partial charge in [0.2, 0.25) is 11.7 Å². The maximum Gasteiger partial charge on any atom is 0.228 e. The first-order chi connectivity index (χ1) is 19.6. The van der Waals surface area contributed by atoms with Crippen molar-refractivity contribution in [1.82, 2.24) is 15.1 Å². The summed E-state index contributed by atoms with van der Waals surface area (Å²) in [6, 6.07) is -0.00519. The third kappa shape index (κ3) is 5.51. The zero-order valence-electron chi connectivity index (χ0n) is 25.3. The average Bonchev–Trinajstić information content (AvgIpc) is 3.77. The summed E-state index contributed by atoms with van der Waals surface area (Å²) in [6.45, 7) is 17.2. The normalized spacial score (nSPS) is 32.3. The Kier molecular flexibility index (Phi) is 8.49. The third-order valence-electron chi connectivity index (χ3n) is 10.0. The van der Waals surface area contributed by atoms with E-state index in [-0.39, 0.29) is 47.3 Å². The Hall–Kier alpha value is -2.90. The largest absolute Gasteiger partial charge is 0.490 e. The number of nitrogens with one attached hydrogen (secondary N) is 1. The van der Waals surface area contributed by atoms with Crippen LogP contribution in [0.4, 0.5) is 8.78 Å². The first-order valence-corrected chi connectivity index (χ1v) is 15.5. The van der Waals surface area contributed by atoms with Crippen LogP contribution in [0.25, 0.3) is 0 Å². The highest BCUT2D eigenvalue weighted by Crippen LogP contribution is 2.52. The molecule has 2 heterocycles. The second-order valence-corrected chi connectivity index (χ2v) is 12.7. The van der Waals surface area contributed by atoms with Gasteiger partial charge in [0, 0.05) is 53.5 Å². The third-order valence-corrected chi connectivity index (χ3v) is 10.0. The Morgan fingerprint density at radius 3 is 2.59 bits per heavy atom. The van der Waals surface area contributed by atoms with Crippen LogP contribution in [0.1, 0.15) is 73.1 Å². The molecule has 5 rings (SSSR count). The summed E-state index contributed by atoms with van der Waals surface area (Å²) in [5.41, 5.74) is 1.04. The number of halogens is 2. The lowest BCUT2D eigenvalue weighted by Crippen LogP contribution is -2.54. The number of nitrogens with zero attached hydrogens (tertiary/aromatic N) is 3. The topological polar surface area (TPSA) is 57.2 Å². The molecule has 0 aromatic rings. The number of hydrogen-bond acceptors (Lipinski definition) is 5. The molecule has 0 bridgehead atoms. The molecule has 1 saturated heterocycles. The van der Waals surface area contributed by atoms with E-state index in [0.29, 0.717) is 36.1 Å². The molecule has 2 aliphatic heterocycles. The fourth-order valence-corrected chi connectivity index (χ4v) is 7.02. The molecule has 6 nitrogen and oxygen atoms in total. The van der Waals surface area contributed by atoms with Crippen LogP contribution >= 0.6 is 0 Å². The van der Waals surface area contributed by atoms with Crippen LogP contribution in [0.2, 0.25) is 0 Å². The number of piperidine rings is 1. The van der Waals surface area contributed by atoms with Gasteiger partial charge in [-0.3, -0.25) is 9.79 Å². The molecule has 1 amide bonds.